The molecule has 0 aliphatic heterocycles. The highest BCUT2D eigenvalue weighted by Gasteiger charge is 2.21. The van der Waals surface area contributed by atoms with E-state index in [1.807, 2.05) is 0 Å². The molecule has 46 heavy (non-hydrogen) atoms. The van der Waals surface area contributed by atoms with E-state index < -0.39 is 17.6 Å². The molecule has 3 N–H and O–H groups in total. The quantitative estimate of drug-likeness (QED) is 0.170. The Morgan fingerprint density at radius 1 is 0.913 bits per heavy atom. The maximum Gasteiger partial charge on any atom is 0.410 e. The number of nitrogens with one attached hydrogen (secondary N) is 1. The first-order valence-electron chi connectivity index (χ1n) is 12.6. The number of carbonyl (C=O) groups excluding carboxylic acids is 2. The SMILES string of the molecule is CNCc1cc(C(N)=O)no1.Cl.[C-]#[N+]c1cc(C)on1.[C-]#[N+]c1cc(CBr)on1.[C-]#[N+]c1cc(CN(C)C(=O)OC(C)(C)C)on1. The first kappa shape index (κ1) is 40.8. The molecule has 4 heterocycles. The number of hydrogen-bond donors (Lipinski definition) is 2. The number of nitrogens with zero attached hydrogens (tertiary/aromatic N) is 8. The number of primary amides is 1. The van der Waals surface area contributed by atoms with Crippen LogP contribution in [0.1, 0.15) is 54.3 Å². The number of alkyl halides is 1. The normalized spacial score (nSPS) is 9.57. The molecular weight excluding hydrogens is 692 g/mol. The van der Waals surface area contributed by atoms with Crippen molar-refractivity contribution in [3.63, 3.8) is 0 Å². The minimum atomic E-state index is -0.573. The molecule has 0 unspecified atom stereocenters. The summed E-state index contributed by atoms with van der Waals surface area (Å²) < 4.78 is 24.1. The molecule has 0 radical (unpaired) electrons. The van der Waals surface area contributed by atoms with E-state index in [1.165, 1.54) is 17.0 Å². The molecule has 0 aromatic carbocycles. The van der Waals surface area contributed by atoms with E-state index in [0.29, 0.717) is 46.6 Å². The number of aromatic nitrogens is 4. The highest BCUT2D eigenvalue weighted by atomic mass is 79.9. The van der Waals surface area contributed by atoms with Crippen LogP contribution in [0, 0.1) is 26.6 Å². The molecule has 0 saturated heterocycles. The van der Waals surface area contributed by atoms with Crippen molar-refractivity contribution in [2.75, 3.05) is 14.1 Å². The summed E-state index contributed by atoms with van der Waals surface area (Å²) in [4.78, 5) is 32.7. The lowest BCUT2D eigenvalue weighted by atomic mass is 10.2. The molecule has 4 rings (SSSR count). The molecule has 0 atom stereocenters. The van der Waals surface area contributed by atoms with E-state index in [0.717, 1.165) is 0 Å². The van der Waals surface area contributed by atoms with Crippen molar-refractivity contribution in [3.8, 4) is 0 Å². The van der Waals surface area contributed by atoms with Crippen molar-refractivity contribution < 1.29 is 32.4 Å². The first-order valence-corrected chi connectivity index (χ1v) is 13.7. The number of nitrogens with two attached hydrogens (primary N) is 1. The minimum absolute atomic E-state index is 0. The van der Waals surface area contributed by atoms with Gasteiger partial charge in [0, 0.05) is 31.3 Å². The monoisotopic (exact) mass is 722 g/mol. The van der Waals surface area contributed by atoms with Crippen LogP contribution >= 0.6 is 28.3 Å². The minimum Gasteiger partial charge on any atom is -0.444 e. The first-order chi connectivity index (χ1) is 21.2. The third-order valence-electron chi connectivity index (χ3n) is 4.44. The van der Waals surface area contributed by atoms with E-state index in [1.54, 1.807) is 53.9 Å². The highest BCUT2D eigenvalue weighted by molar-refractivity contribution is 9.08. The van der Waals surface area contributed by atoms with E-state index in [9.17, 15) is 9.59 Å². The summed E-state index contributed by atoms with van der Waals surface area (Å²) in [6.45, 7) is 27.6. The second kappa shape index (κ2) is 20.7. The number of amides is 2. The Balaban J connectivity index is 0.000000609. The zero-order valence-corrected chi connectivity index (χ0v) is 28.1. The summed E-state index contributed by atoms with van der Waals surface area (Å²) in [6.07, 6.45) is -0.446. The Bertz CT molecular complexity index is 1640. The number of ether oxygens (including phenoxy) is 1. The fourth-order valence-corrected chi connectivity index (χ4v) is 2.84. The number of rotatable bonds is 6. The summed E-state index contributed by atoms with van der Waals surface area (Å²) in [5.74, 6) is 2.64. The van der Waals surface area contributed by atoms with Gasteiger partial charge in [0.1, 0.15) is 11.4 Å². The van der Waals surface area contributed by atoms with Gasteiger partial charge in [0.25, 0.3) is 5.91 Å². The van der Waals surface area contributed by atoms with Crippen LogP contribution in [-0.4, -0.2) is 57.2 Å². The maximum atomic E-state index is 11.6. The summed E-state index contributed by atoms with van der Waals surface area (Å²) >= 11 is 3.16. The zero-order valence-electron chi connectivity index (χ0n) is 25.7. The lowest BCUT2D eigenvalue weighted by Crippen LogP contribution is -2.33. The van der Waals surface area contributed by atoms with Gasteiger partial charge < -0.3 is 39.7 Å². The number of aryl methyl sites for hydroxylation is 1. The lowest BCUT2D eigenvalue weighted by Gasteiger charge is -2.23. The van der Waals surface area contributed by atoms with Crippen LogP contribution in [0.2, 0.25) is 0 Å². The van der Waals surface area contributed by atoms with Gasteiger partial charge >= 0.3 is 23.5 Å². The molecule has 0 spiro atoms. The molecule has 2 amide bonds. The van der Waals surface area contributed by atoms with Crippen molar-refractivity contribution in [2.45, 2.75) is 51.7 Å². The largest absolute Gasteiger partial charge is 0.444 e. The standard InChI is InChI=1S/C11H15N3O3.C6H9N3O2.C5H3BrN2O.C5H4N2O.ClH/c1-11(2,3)16-10(15)14(5)7-8-6-9(12-4)13-17-8;1-8-3-4-2-5(6(7)10)9-11-4;1-7-5-2-4(3-6)9-8-5;1-4-3-5(6-2)7-8-4;/h6H,7H2,1-3,5H3;2,8H,3H2,1H3,(H2,7,10);2H,3H2;3H,1H3;1H. The van der Waals surface area contributed by atoms with Crippen molar-refractivity contribution >= 4 is 57.8 Å². The fourth-order valence-electron chi connectivity index (χ4n) is 2.58. The van der Waals surface area contributed by atoms with Gasteiger partial charge in [-0.2, -0.15) is 0 Å². The van der Waals surface area contributed by atoms with Gasteiger partial charge in [0.05, 0.1) is 33.9 Å². The molecule has 19 heteroatoms. The average molecular weight is 724 g/mol. The van der Waals surface area contributed by atoms with Gasteiger partial charge in [-0.15, -0.1) is 12.4 Å². The van der Waals surface area contributed by atoms with Gasteiger partial charge in [0.2, 0.25) is 0 Å². The number of halogens is 2. The third-order valence-corrected chi connectivity index (χ3v) is 5.00. The van der Waals surface area contributed by atoms with Crippen LogP contribution in [0.3, 0.4) is 0 Å². The molecule has 17 nitrogen and oxygen atoms in total. The van der Waals surface area contributed by atoms with Crippen LogP contribution in [-0.2, 0) is 23.2 Å². The Morgan fingerprint density at radius 3 is 1.78 bits per heavy atom. The second-order valence-corrected chi connectivity index (χ2v) is 10.0. The van der Waals surface area contributed by atoms with Crippen molar-refractivity contribution in [1.82, 2.24) is 30.8 Å². The van der Waals surface area contributed by atoms with Gasteiger partial charge in [-0.1, -0.05) is 40.8 Å². The summed E-state index contributed by atoms with van der Waals surface area (Å²) in [7, 11) is 3.36. The van der Waals surface area contributed by atoms with Crippen LogP contribution in [0.15, 0.2) is 42.4 Å². The van der Waals surface area contributed by atoms with Gasteiger partial charge in [0.15, 0.2) is 23.0 Å². The van der Waals surface area contributed by atoms with E-state index in [-0.39, 0.29) is 30.5 Å². The molecule has 0 aliphatic carbocycles. The molecule has 246 valence electrons. The van der Waals surface area contributed by atoms with E-state index >= 15 is 0 Å². The topological polar surface area (TPSA) is 202 Å². The molecular formula is C27H32BrClN10O7. The van der Waals surface area contributed by atoms with Gasteiger partial charge in [-0.25, -0.2) is 4.79 Å². The molecule has 0 saturated carbocycles. The Morgan fingerprint density at radius 2 is 1.41 bits per heavy atom. The third kappa shape index (κ3) is 16.0. The predicted octanol–water partition coefficient (Wildman–Crippen LogP) is 6.16. The second-order valence-electron chi connectivity index (χ2n) is 9.48. The average Bonchev–Trinajstić information content (AvgIpc) is 3.81. The highest BCUT2D eigenvalue weighted by Crippen LogP contribution is 2.16. The lowest BCUT2D eigenvalue weighted by molar-refractivity contribution is 0.0271. The number of hydrogen-bond acceptors (Lipinski definition) is 12. The van der Waals surface area contributed by atoms with Gasteiger partial charge in [-0.05, 0) is 34.7 Å². The Kier molecular flexibility index (Phi) is 18.3. The van der Waals surface area contributed by atoms with Crippen LogP contribution in [0.4, 0.5) is 22.2 Å². The predicted molar refractivity (Wildman–Crippen MR) is 168 cm³/mol. The van der Waals surface area contributed by atoms with Crippen molar-refractivity contribution in [1.29, 1.82) is 0 Å². The fraction of sp³-hybridized carbons (Fsp3) is 0.370. The molecule has 0 bridgehead atoms. The Hall–Kier alpha value is -5.22. The summed E-state index contributed by atoms with van der Waals surface area (Å²) in [5.41, 5.74) is 4.57. The summed E-state index contributed by atoms with van der Waals surface area (Å²) in [5, 5.41) is 17.3. The van der Waals surface area contributed by atoms with Gasteiger partial charge in [-0.3, -0.25) is 18.4 Å². The number of carbonyl (C=O) groups is 2. The maximum absolute atomic E-state index is 11.6. The van der Waals surface area contributed by atoms with E-state index in [4.69, 9.17) is 43.8 Å². The summed E-state index contributed by atoms with van der Waals surface area (Å²) in [6, 6.07) is 6.20. The molecule has 4 aromatic heterocycles. The van der Waals surface area contributed by atoms with Crippen molar-refractivity contribution in [3.05, 3.63) is 87.3 Å². The van der Waals surface area contributed by atoms with Crippen LogP contribution < -0.4 is 11.1 Å². The molecule has 0 fully saturated rings. The Labute approximate surface area is 279 Å². The van der Waals surface area contributed by atoms with E-state index in [2.05, 4.69) is 60.9 Å². The van der Waals surface area contributed by atoms with Crippen LogP contribution in [0.25, 0.3) is 14.5 Å². The van der Waals surface area contributed by atoms with Crippen molar-refractivity contribution in [2.24, 2.45) is 5.73 Å². The smallest absolute Gasteiger partial charge is 0.410 e. The molecule has 4 aromatic rings. The van der Waals surface area contributed by atoms with Crippen LogP contribution in [0.5, 0.6) is 0 Å². The zero-order chi connectivity index (χ0) is 34.0. The molecule has 0 aliphatic rings.